The molecule has 2 saturated heterocycles. The van der Waals surface area contributed by atoms with Gasteiger partial charge < -0.3 is 4.90 Å². The zero-order valence-corrected chi connectivity index (χ0v) is 13.3. The third kappa shape index (κ3) is 2.91. The van der Waals surface area contributed by atoms with E-state index >= 15 is 0 Å². The van der Waals surface area contributed by atoms with E-state index in [9.17, 15) is 4.79 Å². The Hall–Kier alpha value is -0.870. The number of rotatable bonds is 4. The molecule has 1 spiro atoms. The van der Waals surface area contributed by atoms with Gasteiger partial charge in [0, 0.05) is 38.0 Å². The molecule has 2 aliphatic rings. The van der Waals surface area contributed by atoms with Crippen molar-refractivity contribution < 1.29 is 4.79 Å². The van der Waals surface area contributed by atoms with Gasteiger partial charge in [-0.1, -0.05) is 13.8 Å². The van der Waals surface area contributed by atoms with Gasteiger partial charge in [0.05, 0.1) is 0 Å². The molecule has 0 saturated carbocycles. The summed E-state index contributed by atoms with van der Waals surface area (Å²) in [5, 5.41) is 4.39. The van der Waals surface area contributed by atoms with Crippen LogP contribution in [0, 0.1) is 11.3 Å². The molecule has 1 amide bonds. The number of hydrogen-bond donors (Lipinski definition) is 0. The molecule has 3 rings (SSSR count). The molecular weight excluding hydrogens is 268 g/mol. The van der Waals surface area contributed by atoms with Crippen molar-refractivity contribution in [1.29, 1.82) is 0 Å². The number of likely N-dealkylation sites (tertiary alicyclic amines) is 2. The summed E-state index contributed by atoms with van der Waals surface area (Å²) in [7, 11) is 0. The highest BCUT2D eigenvalue weighted by atomic mass is 32.1. The molecule has 0 atom stereocenters. The van der Waals surface area contributed by atoms with Crippen LogP contribution in [-0.4, -0.2) is 41.9 Å². The van der Waals surface area contributed by atoms with Crippen LogP contribution in [0.25, 0.3) is 0 Å². The number of nitrogens with zero attached hydrogens (tertiary/aromatic N) is 2. The van der Waals surface area contributed by atoms with Gasteiger partial charge >= 0.3 is 0 Å². The van der Waals surface area contributed by atoms with Gasteiger partial charge in [0.2, 0.25) is 5.91 Å². The second-order valence-electron chi connectivity index (χ2n) is 6.94. The molecule has 0 N–H and O–H groups in total. The van der Waals surface area contributed by atoms with E-state index in [0.717, 1.165) is 26.2 Å². The SMILES string of the molecule is CC(C)CC(=O)N1CC2(CCN(Cc3ccsc3)C2)C1. The zero-order chi connectivity index (χ0) is 14.2. The minimum Gasteiger partial charge on any atom is -0.341 e. The highest BCUT2D eigenvalue weighted by Gasteiger charge is 2.48. The van der Waals surface area contributed by atoms with Crippen LogP contribution in [0.2, 0.25) is 0 Å². The summed E-state index contributed by atoms with van der Waals surface area (Å²) in [5.41, 5.74) is 1.84. The Balaban J connectivity index is 1.48. The van der Waals surface area contributed by atoms with E-state index in [1.54, 1.807) is 11.3 Å². The first-order valence-electron chi connectivity index (χ1n) is 7.58. The average molecular weight is 292 g/mol. The van der Waals surface area contributed by atoms with Gasteiger partial charge in [0.1, 0.15) is 0 Å². The summed E-state index contributed by atoms with van der Waals surface area (Å²) < 4.78 is 0. The van der Waals surface area contributed by atoms with Gasteiger partial charge in [0.25, 0.3) is 0 Å². The standard InChI is InChI=1S/C16H24N2OS/c1-13(2)7-15(19)18-11-16(12-18)4-5-17(10-16)8-14-3-6-20-9-14/h3,6,9,13H,4-5,7-8,10-12H2,1-2H3. The van der Waals surface area contributed by atoms with Crippen molar-refractivity contribution in [3.63, 3.8) is 0 Å². The number of thiophene rings is 1. The highest BCUT2D eigenvalue weighted by Crippen LogP contribution is 2.40. The molecular formula is C16H24N2OS. The molecule has 0 radical (unpaired) electrons. The molecule has 110 valence electrons. The average Bonchev–Trinajstić information content (AvgIpc) is 2.95. The van der Waals surface area contributed by atoms with Crippen LogP contribution in [0.15, 0.2) is 16.8 Å². The molecule has 4 heteroatoms. The van der Waals surface area contributed by atoms with E-state index in [4.69, 9.17) is 0 Å². The fraction of sp³-hybridized carbons (Fsp3) is 0.688. The molecule has 0 aliphatic carbocycles. The van der Waals surface area contributed by atoms with Gasteiger partial charge in [-0.05, 0) is 41.3 Å². The lowest BCUT2D eigenvalue weighted by molar-refractivity contribution is -0.143. The molecule has 20 heavy (non-hydrogen) atoms. The normalized spacial score (nSPS) is 21.6. The van der Waals surface area contributed by atoms with E-state index in [2.05, 4.69) is 40.5 Å². The molecule has 2 fully saturated rings. The first-order valence-corrected chi connectivity index (χ1v) is 8.52. The zero-order valence-electron chi connectivity index (χ0n) is 12.5. The Morgan fingerprint density at radius 2 is 2.20 bits per heavy atom. The lowest BCUT2D eigenvalue weighted by atomic mass is 9.78. The molecule has 2 aliphatic heterocycles. The first-order chi connectivity index (χ1) is 9.56. The van der Waals surface area contributed by atoms with Crippen LogP contribution in [0.1, 0.15) is 32.3 Å². The molecule has 1 aromatic rings. The molecule has 0 unspecified atom stereocenters. The summed E-state index contributed by atoms with van der Waals surface area (Å²) in [4.78, 5) is 16.6. The van der Waals surface area contributed by atoms with Gasteiger partial charge in [-0.3, -0.25) is 9.69 Å². The maximum atomic E-state index is 12.0. The maximum absolute atomic E-state index is 12.0. The fourth-order valence-electron chi connectivity index (χ4n) is 3.48. The minimum absolute atomic E-state index is 0.349. The number of carbonyl (C=O) groups excluding carboxylic acids is 1. The minimum atomic E-state index is 0.349. The second-order valence-corrected chi connectivity index (χ2v) is 7.72. The van der Waals surface area contributed by atoms with Crippen molar-refractivity contribution in [2.75, 3.05) is 26.2 Å². The van der Waals surface area contributed by atoms with E-state index in [0.29, 0.717) is 23.7 Å². The monoisotopic (exact) mass is 292 g/mol. The van der Waals surface area contributed by atoms with E-state index in [1.807, 2.05) is 0 Å². The van der Waals surface area contributed by atoms with E-state index in [1.165, 1.54) is 18.5 Å². The summed E-state index contributed by atoms with van der Waals surface area (Å²) in [6, 6.07) is 2.22. The Morgan fingerprint density at radius 1 is 1.40 bits per heavy atom. The smallest absolute Gasteiger partial charge is 0.222 e. The summed E-state index contributed by atoms with van der Waals surface area (Å²) in [5.74, 6) is 0.819. The number of carbonyl (C=O) groups is 1. The molecule has 0 bridgehead atoms. The van der Waals surface area contributed by atoms with Crippen LogP contribution in [0.5, 0.6) is 0 Å². The van der Waals surface area contributed by atoms with E-state index < -0.39 is 0 Å². The Kier molecular flexibility index (Phi) is 3.87. The number of amides is 1. The predicted molar refractivity (Wildman–Crippen MR) is 82.7 cm³/mol. The third-order valence-electron chi connectivity index (χ3n) is 4.49. The molecule has 1 aromatic heterocycles. The van der Waals surface area contributed by atoms with Gasteiger partial charge in [-0.2, -0.15) is 11.3 Å². The third-order valence-corrected chi connectivity index (χ3v) is 5.22. The number of hydrogen-bond acceptors (Lipinski definition) is 3. The molecule has 0 aromatic carbocycles. The van der Waals surface area contributed by atoms with Crippen molar-refractivity contribution >= 4 is 17.2 Å². The van der Waals surface area contributed by atoms with Crippen LogP contribution < -0.4 is 0 Å². The van der Waals surface area contributed by atoms with Gasteiger partial charge in [-0.25, -0.2) is 0 Å². The van der Waals surface area contributed by atoms with Crippen molar-refractivity contribution in [2.24, 2.45) is 11.3 Å². The Bertz CT molecular complexity index is 463. The summed E-state index contributed by atoms with van der Waals surface area (Å²) in [6.45, 7) is 9.62. The predicted octanol–water partition coefficient (Wildman–Crippen LogP) is 2.83. The van der Waals surface area contributed by atoms with Crippen molar-refractivity contribution in [2.45, 2.75) is 33.2 Å². The lowest BCUT2D eigenvalue weighted by Gasteiger charge is -2.48. The molecule has 3 nitrogen and oxygen atoms in total. The topological polar surface area (TPSA) is 23.6 Å². The van der Waals surface area contributed by atoms with Crippen molar-refractivity contribution in [3.8, 4) is 0 Å². The first kappa shape index (κ1) is 14.1. The van der Waals surface area contributed by atoms with Crippen LogP contribution >= 0.6 is 11.3 Å². The summed E-state index contributed by atoms with van der Waals surface area (Å²) >= 11 is 1.77. The van der Waals surface area contributed by atoms with Gasteiger partial charge in [-0.15, -0.1) is 0 Å². The van der Waals surface area contributed by atoms with Gasteiger partial charge in [0.15, 0.2) is 0 Å². The Labute approximate surface area is 125 Å². The quantitative estimate of drug-likeness (QED) is 0.852. The Morgan fingerprint density at radius 3 is 2.85 bits per heavy atom. The second kappa shape index (κ2) is 5.49. The van der Waals surface area contributed by atoms with Crippen molar-refractivity contribution in [3.05, 3.63) is 22.4 Å². The maximum Gasteiger partial charge on any atom is 0.222 e. The fourth-order valence-corrected chi connectivity index (χ4v) is 4.14. The molecule has 3 heterocycles. The van der Waals surface area contributed by atoms with Crippen molar-refractivity contribution in [1.82, 2.24) is 9.80 Å². The van der Waals surface area contributed by atoms with Crippen LogP contribution in [-0.2, 0) is 11.3 Å². The lowest BCUT2D eigenvalue weighted by Crippen LogP contribution is -2.59. The van der Waals surface area contributed by atoms with Crippen LogP contribution in [0.4, 0.5) is 0 Å². The summed E-state index contributed by atoms with van der Waals surface area (Å²) in [6.07, 6.45) is 1.96. The van der Waals surface area contributed by atoms with E-state index in [-0.39, 0.29) is 0 Å². The van der Waals surface area contributed by atoms with Crippen LogP contribution in [0.3, 0.4) is 0 Å². The highest BCUT2D eigenvalue weighted by molar-refractivity contribution is 7.07. The largest absolute Gasteiger partial charge is 0.341 e.